The van der Waals surface area contributed by atoms with Crippen LogP contribution in [0.1, 0.15) is 45.2 Å². The van der Waals surface area contributed by atoms with E-state index in [1.54, 1.807) is 0 Å². The molecule has 1 amide bonds. The van der Waals surface area contributed by atoms with Crippen molar-refractivity contribution in [1.29, 1.82) is 0 Å². The van der Waals surface area contributed by atoms with Crippen molar-refractivity contribution in [3.05, 3.63) is 70.1 Å². The number of benzene rings is 2. The zero-order valence-corrected chi connectivity index (χ0v) is 19.0. The molecule has 0 unspecified atom stereocenters. The van der Waals surface area contributed by atoms with E-state index in [0.29, 0.717) is 12.8 Å². The van der Waals surface area contributed by atoms with Crippen LogP contribution in [-0.4, -0.2) is 24.2 Å². The van der Waals surface area contributed by atoms with Crippen molar-refractivity contribution in [2.45, 2.75) is 51.7 Å². The third kappa shape index (κ3) is 5.59. The van der Waals surface area contributed by atoms with Crippen LogP contribution in [0.15, 0.2) is 59.0 Å². The lowest BCUT2D eigenvalue weighted by Gasteiger charge is -2.32. The van der Waals surface area contributed by atoms with Crippen LogP contribution in [0.3, 0.4) is 0 Å². The van der Waals surface area contributed by atoms with Crippen molar-refractivity contribution >= 4 is 40.7 Å². The average molecular weight is 456 g/mol. The molecule has 2 aromatic carbocycles. The SMILES string of the molecule is CC1(C)OB(C=Cc2ccc(Br)c(NC(=O)CCc3ccccc3)c2)OC1(C)C. The van der Waals surface area contributed by atoms with Gasteiger partial charge in [-0.25, -0.2) is 0 Å². The summed E-state index contributed by atoms with van der Waals surface area (Å²) in [5.74, 6) is 1.89. The third-order valence-electron chi connectivity index (χ3n) is 5.47. The molecule has 0 aromatic heterocycles. The van der Waals surface area contributed by atoms with E-state index in [-0.39, 0.29) is 17.1 Å². The number of carbonyl (C=O) groups is 1. The van der Waals surface area contributed by atoms with Gasteiger partial charge in [0.15, 0.2) is 0 Å². The molecule has 2 aromatic rings. The summed E-state index contributed by atoms with van der Waals surface area (Å²) < 4.78 is 12.8. The largest absolute Gasteiger partial charge is 0.487 e. The first-order chi connectivity index (χ1) is 13.7. The number of carbonyl (C=O) groups excluding carboxylic acids is 1. The molecular weight excluding hydrogens is 429 g/mol. The normalized spacial score (nSPS) is 17.6. The van der Waals surface area contributed by atoms with Gasteiger partial charge in [-0.05, 0) is 73.3 Å². The van der Waals surface area contributed by atoms with Crippen LogP contribution >= 0.6 is 15.9 Å². The molecule has 1 aliphatic rings. The van der Waals surface area contributed by atoms with Gasteiger partial charge in [-0.2, -0.15) is 0 Å². The van der Waals surface area contributed by atoms with Gasteiger partial charge in [-0.3, -0.25) is 4.79 Å². The van der Waals surface area contributed by atoms with Gasteiger partial charge < -0.3 is 14.6 Å². The number of anilines is 1. The van der Waals surface area contributed by atoms with Gasteiger partial charge in [0.05, 0.1) is 16.9 Å². The van der Waals surface area contributed by atoms with E-state index < -0.39 is 7.12 Å². The Bertz CT molecular complexity index is 880. The maximum absolute atomic E-state index is 12.4. The van der Waals surface area contributed by atoms with Crippen molar-refractivity contribution in [2.75, 3.05) is 5.32 Å². The predicted octanol–water partition coefficient (Wildman–Crippen LogP) is 5.67. The van der Waals surface area contributed by atoms with Crippen LogP contribution in [0.5, 0.6) is 0 Å². The highest BCUT2D eigenvalue weighted by atomic mass is 79.9. The topological polar surface area (TPSA) is 47.6 Å². The van der Waals surface area contributed by atoms with Crippen molar-refractivity contribution in [1.82, 2.24) is 0 Å². The van der Waals surface area contributed by atoms with Gasteiger partial charge in [0.25, 0.3) is 0 Å². The summed E-state index contributed by atoms with van der Waals surface area (Å²) in [4.78, 5) is 12.4. The first-order valence-electron chi connectivity index (χ1n) is 9.83. The van der Waals surface area contributed by atoms with Crippen LogP contribution in [0, 0.1) is 0 Å². The minimum absolute atomic E-state index is 0.0124. The monoisotopic (exact) mass is 455 g/mol. The fraction of sp³-hybridized carbons (Fsp3) is 0.348. The molecule has 1 aliphatic heterocycles. The van der Waals surface area contributed by atoms with E-state index in [9.17, 15) is 4.79 Å². The van der Waals surface area contributed by atoms with E-state index in [1.165, 1.54) is 0 Å². The lowest BCUT2D eigenvalue weighted by atomic mass is 9.89. The van der Waals surface area contributed by atoms with Gasteiger partial charge in [-0.1, -0.05) is 48.4 Å². The Morgan fingerprint density at radius 2 is 1.72 bits per heavy atom. The predicted molar refractivity (Wildman–Crippen MR) is 123 cm³/mol. The number of halogens is 1. The van der Waals surface area contributed by atoms with Crippen molar-refractivity contribution in [3.8, 4) is 0 Å². The standard InChI is InChI=1S/C23H27BBrNO3/c1-22(2)23(3,4)29-24(28-22)15-14-18-10-12-19(25)20(16-18)26-21(27)13-11-17-8-6-5-7-9-17/h5-10,12,14-16H,11,13H2,1-4H3,(H,26,27). The van der Waals surface area contributed by atoms with Crippen LogP contribution < -0.4 is 5.32 Å². The summed E-state index contributed by atoms with van der Waals surface area (Å²) in [5.41, 5.74) is 2.14. The molecule has 0 radical (unpaired) electrons. The smallest absolute Gasteiger partial charge is 0.400 e. The average Bonchev–Trinajstić information content (AvgIpc) is 2.88. The third-order valence-corrected chi connectivity index (χ3v) is 6.16. The van der Waals surface area contributed by atoms with E-state index in [2.05, 4.69) is 21.2 Å². The summed E-state index contributed by atoms with van der Waals surface area (Å²) in [6, 6.07) is 15.9. The second kappa shape index (κ2) is 8.86. The molecule has 6 heteroatoms. The highest BCUT2D eigenvalue weighted by Gasteiger charge is 2.49. The Morgan fingerprint density at radius 3 is 2.38 bits per heavy atom. The Kier molecular flexibility index (Phi) is 6.67. The number of amides is 1. The molecule has 0 saturated carbocycles. The summed E-state index contributed by atoms with van der Waals surface area (Å²) in [6.45, 7) is 8.13. The quantitative estimate of drug-likeness (QED) is 0.571. The van der Waals surface area contributed by atoms with Gasteiger partial charge in [0, 0.05) is 10.9 Å². The minimum Gasteiger partial charge on any atom is -0.400 e. The minimum atomic E-state index is -0.396. The van der Waals surface area contributed by atoms with Crippen molar-refractivity contribution in [2.24, 2.45) is 0 Å². The zero-order chi connectivity index (χ0) is 21.1. The Morgan fingerprint density at radius 1 is 1.07 bits per heavy atom. The fourth-order valence-electron chi connectivity index (χ4n) is 3.01. The Balaban J connectivity index is 1.62. The number of nitrogens with one attached hydrogen (secondary N) is 1. The lowest BCUT2D eigenvalue weighted by Crippen LogP contribution is -2.41. The van der Waals surface area contributed by atoms with Crippen LogP contribution in [0.4, 0.5) is 5.69 Å². The molecule has 4 nitrogen and oxygen atoms in total. The number of hydrogen-bond donors (Lipinski definition) is 1. The molecule has 1 N–H and O–H groups in total. The molecular formula is C23H27BBrNO3. The highest BCUT2D eigenvalue weighted by Crippen LogP contribution is 2.37. The molecule has 3 rings (SSSR count). The fourth-order valence-corrected chi connectivity index (χ4v) is 3.36. The van der Waals surface area contributed by atoms with E-state index in [1.807, 2.05) is 88.3 Å². The molecule has 1 fully saturated rings. The lowest BCUT2D eigenvalue weighted by molar-refractivity contribution is -0.116. The van der Waals surface area contributed by atoms with E-state index in [0.717, 1.165) is 21.3 Å². The molecule has 1 heterocycles. The van der Waals surface area contributed by atoms with Gasteiger partial charge in [-0.15, -0.1) is 0 Å². The van der Waals surface area contributed by atoms with Crippen LogP contribution in [0.2, 0.25) is 0 Å². The van der Waals surface area contributed by atoms with Crippen LogP contribution in [-0.2, 0) is 20.5 Å². The second-order valence-corrected chi connectivity index (χ2v) is 9.11. The number of hydrogen-bond acceptors (Lipinski definition) is 3. The highest BCUT2D eigenvalue weighted by molar-refractivity contribution is 9.10. The Labute approximate surface area is 182 Å². The molecule has 0 spiro atoms. The maximum Gasteiger partial charge on any atom is 0.487 e. The number of rotatable bonds is 6. The van der Waals surface area contributed by atoms with Crippen molar-refractivity contribution < 1.29 is 14.1 Å². The first kappa shape index (κ1) is 21.8. The molecule has 1 saturated heterocycles. The maximum atomic E-state index is 12.4. The van der Waals surface area contributed by atoms with Gasteiger partial charge in [0.2, 0.25) is 5.91 Å². The number of aryl methyl sites for hydroxylation is 1. The first-order valence-corrected chi connectivity index (χ1v) is 10.6. The molecule has 0 bridgehead atoms. The summed E-state index contributed by atoms with van der Waals surface area (Å²) >= 11 is 3.51. The molecule has 0 atom stereocenters. The van der Waals surface area contributed by atoms with E-state index in [4.69, 9.17) is 9.31 Å². The van der Waals surface area contributed by atoms with Crippen LogP contribution in [0.25, 0.3) is 6.08 Å². The molecule has 152 valence electrons. The molecule has 29 heavy (non-hydrogen) atoms. The molecule has 0 aliphatic carbocycles. The summed E-state index contributed by atoms with van der Waals surface area (Å²) in [7, 11) is -0.396. The van der Waals surface area contributed by atoms with Gasteiger partial charge >= 0.3 is 7.12 Å². The zero-order valence-electron chi connectivity index (χ0n) is 17.4. The second-order valence-electron chi connectivity index (χ2n) is 8.26. The summed E-state index contributed by atoms with van der Waals surface area (Å²) in [6.07, 6.45) is 3.10. The van der Waals surface area contributed by atoms with Gasteiger partial charge in [0.1, 0.15) is 0 Å². The Hall–Kier alpha value is -1.89. The van der Waals surface area contributed by atoms with E-state index >= 15 is 0 Å². The summed E-state index contributed by atoms with van der Waals surface area (Å²) in [5, 5.41) is 2.99. The van der Waals surface area contributed by atoms with Crippen molar-refractivity contribution in [3.63, 3.8) is 0 Å².